The number of carbonyl (C=O) groups is 1. The van der Waals surface area contributed by atoms with Gasteiger partial charge in [-0.2, -0.15) is 0 Å². The summed E-state index contributed by atoms with van der Waals surface area (Å²) in [6.45, 7) is 5.55. The lowest BCUT2D eigenvalue weighted by Gasteiger charge is -2.26. The molecule has 0 unspecified atom stereocenters. The number of carbonyl (C=O) groups excluding carboxylic acids is 1. The van der Waals surface area contributed by atoms with Crippen molar-refractivity contribution in [1.82, 2.24) is 15.2 Å². The molecule has 5 heteroatoms. The van der Waals surface area contributed by atoms with Crippen molar-refractivity contribution in [3.8, 4) is 0 Å². The molecule has 1 saturated heterocycles. The predicted octanol–water partition coefficient (Wildman–Crippen LogP) is 2.95. The van der Waals surface area contributed by atoms with Crippen molar-refractivity contribution in [3.05, 3.63) is 41.6 Å². The van der Waals surface area contributed by atoms with Gasteiger partial charge in [0.2, 0.25) is 0 Å². The van der Waals surface area contributed by atoms with Crippen LogP contribution in [0.3, 0.4) is 0 Å². The van der Waals surface area contributed by atoms with E-state index >= 15 is 0 Å². The molecule has 1 aromatic heterocycles. The maximum atomic E-state index is 12.8. The van der Waals surface area contributed by atoms with E-state index < -0.39 is 0 Å². The molecule has 0 radical (unpaired) electrons. The van der Waals surface area contributed by atoms with Crippen LogP contribution < -0.4 is 5.32 Å². The minimum Gasteiger partial charge on any atom is -0.379 e. The minimum absolute atomic E-state index is 0.0249. The SMILES string of the molecule is O=C(NCCCCN1CCOCC1)c1cc(C2CC2)nc2ccccc12. The van der Waals surface area contributed by atoms with Crippen LogP contribution in [0.15, 0.2) is 30.3 Å². The molecule has 1 aromatic carbocycles. The Labute approximate surface area is 154 Å². The van der Waals surface area contributed by atoms with Crippen LogP contribution in [0.2, 0.25) is 0 Å². The molecule has 0 bridgehead atoms. The molecule has 2 fully saturated rings. The maximum Gasteiger partial charge on any atom is 0.252 e. The Balaban J connectivity index is 1.34. The van der Waals surface area contributed by atoms with Gasteiger partial charge in [0.25, 0.3) is 5.91 Å². The zero-order valence-corrected chi connectivity index (χ0v) is 15.2. The highest BCUT2D eigenvalue weighted by molar-refractivity contribution is 6.06. The summed E-state index contributed by atoms with van der Waals surface area (Å²) >= 11 is 0. The fourth-order valence-corrected chi connectivity index (χ4v) is 3.55. The number of fused-ring (bicyclic) bond motifs is 1. The quantitative estimate of drug-likeness (QED) is 0.778. The Kier molecular flexibility index (Phi) is 5.46. The van der Waals surface area contributed by atoms with E-state index in [-0.39, 0.29) is 5.91 Å². The number of unbranched alkanes of at least 4 members (excludes halogenated alkanes) is 1. The summed E-state index contributed by atoms with van der Waals surface area (Å²) in [7, 11) is 0. The van der Waals surface area contributed by atoms with Crippen LogP contribution in [-0.2, 0) is 4.74 Å². The van der Waals surface area contributed by atoms with E-state index in [0.717, 1.165) is 74.4 Å². The zero-order chi connectivity index (χ0) is 17.8. The van der Waals surface area contributed by atoms with Gasteiger partial charge >= 0.3 is 0 Å². The lowest BCUT2D eigenvalue weighted by molar-refractivity contribution is 0.0372. The standard InChI is InChI=1S/C21H27N3O2/c25-21(22-9-3-4-10-24-11-13-26-14-12-24)18-15-20(16-7-8-16)23-19-6-2-1-5-17(18)19/h1-2,5-6,15-16H,3-4,7-14H2,(H,22,25). The molecule has 1 aliphatic carbocycles. The molecule has 26 heavy (non-hydrogen) atoms. The lowest BCUT2D eigenvalue weighted by atomic mass is 10.1. The van der Waals surface area contributed by atoms with Crippen LogP contribution in [0.25, 0.3) is 10.9 Å². The third-order valence-electron chi connectivity index (χ3n) is 5.27. The van der Waals surface area contributed by atoms with Gasteiger partial charge in [-0.15, -0.1) is 0 Å². The molecule has 4 rings (SSSR count). The van der Waals surface area contributed by atoms with Gasteiger partial charge in [0.1, 0.15) is 0 Å². The Morgan fingerprint density at radius 1 is 1.19 bits per heavy atom. The van der Waals surface area contributed by atoms with Crippen molar-refractivity contribution >= 4 is 16.8 Å². The fraction of sp³-hybridized carbons (Fsp3) is 0.524. The molecule has 0 spiro atoms. The third kappa shape index (κ3) is 4.22. The largest absolute Gasteiger partial charge is 0.379 e. The number of hydrogen-bond acceptors (Lipinski definition) is 4. The molecule has 1 N–H and O–H groups in total. The van der Waals surface area contributed by atoms with E-state index in [1.54, 1.807) is 0 Å². The first-order valence-electron chi connectivity index (χ1n) is 9.79. The van der Waals surface area contributed by atoms with Gasteiger partial charge in [0, 0.05) is 36.6 Å². The van der Waals surface area contributed by atoms with Gasteiger partial charge < -0.3 is 10.1 Å². The Hall–Kier alpha value is -1.98. The van der Waals surface area contributed by atoms with Gasteiger partial charge in [0.15, 0.2) is 0 Å². The summed E-state index contributed by atoms with van der Waals surface area (Å²) in [5.41, 5.74) is 2.77. The summed E-state index contributed by atoms with van der Waals surface area (Å²) in [4.78, 5) is 19.9. The van der Waals surface area contributed by atoms with Crippen molar-refractivity contribution in [2.45, 2.75) is 31.6 Å². The van der Waals surface area contributed by atoms with E-state index in [1.165, 1.54) is 12.8 Å². The average molecular weight is 353 g/mol. The van der Waals surface area contributed by atoms with E-state index in [9.17, 15) is 4.79 Å². The molecule has 138 valence electrons. The monoisotopic (exact) mass is 353 g/mol. The van der Waals surface area contributed by atoms with Crippen molar-refractivity contribution in [2.24, 2.45) is 0 Å². The summed E-state index contributed by atoms with van der Waals surface area (Å²) in [6.07, 6.45) is 4.48. The molecular weight excluding hydrogens is 326 g/mol. The number of hydrogen-bond donors (Lipinski definition) is 1. The first kappa shape index (κ1) is 17.4. The van der Waals surface area contributed by atoms with Gasteiger partial charge in [-0.3, -0.25) is 14.7 Å². The second kappa shape index (κ2) is 8.14. The van der Waals surface area contributed by atoms with E-state index in [4.69, 9.17) is 9.72 Å². The Morgan fingerprint density at radius 2 is 2.00 bits per heavy atom. The summed E-state index contributed by atoms with van der Waals surface area (Å²) < 4.78 is 5.37. The van der Waals surface area contributed by atoms with Gasteiger partial charge in [-0.25, -0.2) is 0 Å². The smallest absolute Gasteiger partial charge is 0.252 e. The van der Waals surface area contributed by atoms with Crippen molar-refractivity contribution < 1.29 is 9.53 Å². The normalized spacial score (nSPS) is 18.2. The number of rotatable bonds is 7. The number of nitrogens with zero attached hydrogens (tertiary/aromatic N) is 2. The first-order chi connectivity index (χ1) is 12.8. The van der Waals surface area contributed by atoms with Crippen LogP contribution >= 0.6 is 0 Å². The predicted molar refractivity (Wildman–Crippen MR) is 103 cm³/mol. The number of ether oxygens (including phenoxy) is 1. The molecule has 0 atom stereocenters. The number of nitrogens with one attached hydrogen (secondary N) is 1. The van der Waals surface area contributed by atoms with Crippen molar-refractivity contribution in [1.29, 1.82) is 0 Å². The maximum absolute atomic E-state index is 12.8. The van der Waals surface area contributed by atoms with Crippen LogP contribution in [0.4, 0.5) is 0 Å². The van der Waals surface area contributed by atoms with Crippen LogP contribution in [-0.4, -0.2) is 55.2 Å². The van der Waals surface area contributed by atoms with Gasteiger partial charge in [0.05, 0.1) is 24.3 Å². The molecular formula is C21H27N3O2. The Bertz CT molecular complexity index is 767. The van der Waals surface area contributed by atoms with E-state index in [2.05, 4.69) is 10.2 Å². The van der Waals surface area contributed by atoms with E-state index in [0.29, 0.717) is 5.92 Å². The molecule has 1 saturated carbocycles. The lowest BCUT2D eigenvalue weighted by Crippen LogP contribution is -2.37. The molecule has 1 amide bonds. The van der Waals surface area contributed by atoms with Gasteiger partial charge in [-0.05, 0) is 44.4 Å². The number of pyridine rings is 1. The summed E-state index contributed by atoms with van der Waals surface area (Å²) in [5, 5.41) is 4.05. The number of amides is 1. The number of para-hydroxylation sites is 1. The topological polar surface area (TPSA) is 54.5 Å². The number of aromatic nitrogens is 1. The average Bonchev–Trinajstić information content (AvgIpc) is 3.53. The van der Waals surface area contributed by atoms with Crippen molar-refractivity contribution in [3.63, 3.8) is 0 Å². The fourth-order valence-electron chi connectivity index (χ4n) is 3.55. The second-order valence-corrected chi connectivity index (χ2v) is 7.30. The molecule has 2 heterocycles. The molecule has 5 nitrogen and oxygen atoms in total. The Morgan fingerprint density at radius 3 is 2.81 bits per heavy atom. The zero-order valence-electron chi connectivity index (χ0n) is 15.2. The van der Waals surface area contributed by atoms with Crippen LogP contribution in [0, 0.1) is 0 Å². The van der Waals surface area contributed by atoms with E-state index in [1.807, 2.05) is 30.3 Å². The van der Waals surface area contributed by atoms with Crippen LogP contribution in [0.1, 0.15) is 47.7 Å². The van der Waals surface area contributed by atoms with Crippen molar-refractivity contribution in [2.75, 3.05) is 39.4 Å². The second-order valence-electron chi connectivity index (χ2n) is 7.30. The highest BCUT2D eigenvalue weighted by Gasteiger charge is 2.26. The number of morpholine rings is 1. The summed E-state index contributed by atoms with van der Waals surface area (Å²) in [6, 6.07) is 9.95. The number of benzene rings is 1. The third-order valence-corrected chi connectivity index (χ3v) is 5.27. The van der Waals surface area contributed by atoms with Gasteiger partial charge in [-0.1, -0.05) is 18.2 Å². The molecule has 2 aliphatic rings. The molecule has 2 aromatic rings. The minimum atomic E-state index is 0.0249. The summed E-state index contributed by atoms with van der Waals surface area (Å²) in [5.74, 6) is 0.566. The van der Waals surface area contributed by atoms with Crippen LogP contribution in [0.5, 0.6) is 0 Å². The highest BCUT2D eigenvalue weighted by atomic mass is 16.5. The highest BCUT2D eigenvalue weighted by Crippen LogP contribution is 2.40. The first-order valence-corrected chi connectivity index (χ1v) is 9.79. The molecule has 1 aliphatic heterocycles.